The Balaban J connectivity index is 2.27. The zero-order valence-electron chi connectivity index (χ0n) is 14.1. The molecule has 0 saturated heterocycles. The van der Waals surface area contributed by atoms with E-state index >= 15 is 0 Å². The summed E-state index contributed by atoms with van der Waals surface area (Å²) in [5.74, 6) is 0.689. The predicted octanol–water partition coefficient (Wildman–Crippen LogP) is 2.59. The summed E-state index contributed by atoms with van der Waals surface area (Å²) in [7, 11) is -10.2. The fourth-order valence-corrected chi connectivity index (χ4v) is 4.39. The molecule has 0 saturated carbocycles. The minimum atomic E-state index is -5.09. The molecular formula is C15H20N2O7P2. The molecule has 0 atom stereocenters. The second-order valence-electron chi connectivity index (χ2n) is 5.85. The first-order valence-electron chi connectivity index (χ1n) is 7.56. The maximum Gasteiger partial charge on any atom is 0.360 e. The molecule has 0 amide bonds. The highest BCUT2D eigenvalue weighted by molar-refractivity contribution is 7.71. The number of aromatic nitrogens is 1. The van der Waals surface area contributed by atoms with Gasteiger partial charge in [0, 0.05) is 11.8 Å². The number of nitrogens with one attached hydrogen (secondary N) is 1. The molecule has 0 aliphatic rings. The summed E-state index contributed by atoms with van der Waals surface area (Å²) in [5, 5.41) is 2.19. The monoisotopic (exact) mass is 402 g/mol. The Hall–Kier alpha value is -1.73. The van der Waals surface area contributed by atoms with E-state index in [2.05, 4.69) is 10.3 Å². The number of hydrogen-bond donors (Lipinski definition) is 5. The number of anilines is 1. The average Bonchev–Trinajstić information content (AvgIpc) is 2.51. The lowest BCUT2D eigenvalue weighted by atomic mass is 10.1. The lowest BCUT2D eigenvalue weighted by Crippen LogP contribution is -2.20. The summed E-state index contributed by atoms with van der Waals surface area (Å²) >= 11 is 0. The van der Waals surface area contributed by atoms with Crippen molar-refractivity contribution in [2.24, 2.45) is 0 Å². The number of ether oxygens (including phenoxy) is 1. The SMILES string of the molecule is CC(C)Oc1ccc(-c2cncc(NC(P(=O)(O)O)P(=O)(O)O)c2)cc1. The van der Waals surface area contributed by atoms with Gasteiger partial charge in [-0.1, -0.05) is 12.1 Å². The molecule has 2 aromatic rings. The normalized spacial score (nSPS) is 12.5. The molecule has 1 aromatic heterocycles. The molecule has 1 aromatic carbocycles. The first-order valence-corrected chi connectivity index (χ1v) is 10.9. The van der Waals surface area contributed by atoms with E-state index in [-0.39, 0.29) is 11.8 Å². The van der Waals surface area contributed by atoms with Gasteiger partial charge in [-0.3, -0.25) is 14.1 Å². The highest BCUT2D eigenvalue weighted by Crippen LogP contribution is 2.59. The quantitative estimate of drug-likeness (QED) is 0.440. The number of rotatable bonds is 7. The molecular weight excluding hydrogens is 382 g/mol. The summed E-state index contributed by atoms with van der Waals surface area (Å²) in [6.45, 7) is 3.82. The van der Waals surface area contributed by atoms with E-state index in [4.69, 9.17) is 4.74 Å². The van der Waals surface area contributed by atoms with Crippen LogP contribution in [0.5, 0.6) is 5.75 Å². The predicted molar refractivity (Wildman–Crippen MR) is 96.9 cm³/mol. The molecule has 0 spiro atoms. The van der Waals surface area contributed by atoms with Crippen LogP contribution >= 0.6 is 15.2 Å². The van der Waals surface area contributed by atoms with Crippen molar-refractivity contribution in [1.82, 2.24) is 4.98 Å². The van der Waals surface area contributed by atoms with Gasteiger partial charge in [0.2, 0.25) is 5.52 Å². The van der Waals surface area contributed by atoms with Gasteiger partial charge in [0.05, 0.1) is 18.0 Å². The van der Waals surface area contributed by atoms with Crippen molar-refractivity contribution >= 4 is 20.9 Å². The second kappa shape index (κ2) is 7.88. The Kier molecular flexibility index (Phi) is 6.24. The molecule has 2 rings (SSSR count). The molecule has 142 valence electrons. The molecule has 0 unspecified atom stereocenters. The molecule has 11 heteroatoms. The lowest BCUT2D eigenvalue weighted by molar-refractivity contribution is 0.242. The van der Waals surface area contributed by atoms with Crippen LogP contribution in [0.1, 0.15) is 13.8 Å². The largest absolute Gasteiger partial charge is 0.491 e. The number of benzene rings is 1. The van der Waals surface area contributed by atoms with E-state index < -0.39 is 20.7 Å². The topological polar surface area (TPSA) is 149 Å². The highest BCUT2D eigenvalue weighted by atomic mass is 31.2. The van der Waals surface area contributed by atoms with E-state index in [9.17, 15) is 28.7 Å². The minimum Gasteiger partial charge on any atom is -0.491 e. The van der Waals surface area contributed by atoms with Crippen LogP contribution in [0.2, 0.25) is 0 Å². The van der Waals surface area contributed by atoms with Crippen molar-refractivity contribution in [2.45, 2.75) is 25.5 Å². The van der Waals surface area contributed by atoms with Crippen LogP contribution in [0.25, 0.3) is 11.1 Å². The van der Waals surface area contributed by atoms with Gasteiger partial charge in [-0.05, 0) is 37.6 Å². The van der Waals surface area contributed by atoms with Gasteiger partial charge in [-0.15, -0.1) is 0 Å². The molecule has 9 nitrogen and oxygen atoms in total. The number of hydrogen-bond acceptors (Lipinski definition) is 5. The van der Waals surface area contributed by atoms with Crippen LogP contribution in [0.3, 0.4) is 0 Å². The van der Waals surface area contributed by atoms with Crippen LogP contribution in [0.15, 0.2) is 42.7 Å². The van der Waals surface area contributed by atoms with Crippen molar-refractivity contribution in [3.8, 4) is 16.9 Å². The van der Waals surface area contributed by atoms with E-state index in [1.807, 2.05) is 13.8 Å². The summed E-state index contributed by atoms with van der Waals surface area (Å²) in [6.07, 6.45) is 2.78. The van der Waals surface area contributed by atoms with Crippen LogP contribution < -0.4 is 10.1 Å². The minimum absolute atomic E-state index is 0.0345. The molecule has 26 heavy (non-hydrogen) atoms. The zero-order chi connectivity index (χ0) is 19.5. The van der Waals surface area contributed by atoms with Gasteiger partial charge in [-0.2, -0.15) is 0 Å². The van der Waals surface area contributed by atoms with Gasteiger partial charge in [0.15, 0.2) is 0 Å². The molecule has 5 N–H and O–H groups in total. The van der Waals surface area contributed by atoms with E-state index in [1.54, 1.807) is 24.3 Å². The van der Waals surface area contributed by atoms with E-state index in [0.29, 0.717) is 11.3 Å². The Morgan fingerprint density at radius 2 is 1.54 bits per heavy atom. The third-order valence-electron chi connectivity index (χ3n) is 3.23. The van der Waals surface area contributed by atoms with Gasteiger partial charge in [-0.25, -0.2) is 0 Å². The van der Waals surface area contributed by atoms with Gasteiger partial charge in [0.1, 0.15) is 5.75 Å². The van der Waals surface area contributed by atoms with E-state index in [0.717, 1.165) is 5.56 Å². The van der Waals surface area contributed by atoms with Crippen LogP contribution in [-0.2, 0) is 9.13 Å². The van der Waals surface area contributed by atoms with E-state index in [1.165, 1.54) is 18.5 Å². The van der Waals surface area contributed by atoms with Gasteiger partial charge >= 0.3 is 15.2 Å². The maximum absolute atomic E-state index is 11.4. The summed E-state index contributed by atoms with van der Waals surface area (Å²) in [6, 6.07) is 8.58. The Morgan fingerprint density at radius 1 is 0.962 bits per heavy atom. The maximum atomic E-state index is 11.4. The lowest BCUT2D eigenvalue weighted by Gasteiger charge is -2.21. The molecule has 1 heterocycles. The third-order valence-corrected chi connectivity index (χ3v) is 6.57. The zero-order valence-corrected chi connectivity index (χ0v) is 15.8. The fraction of sp³-hybridized carbons (Fsp3) is 0.267. The molecule has 0 fully saturated rings. The first-order chi connectivity index (χ1) is 12.0. The van der Waals surface area contributed by atoms with Gasteiger partial charge < -0.3 is 29.6 Å². The second-order valence-corrected chi connectivity index (χ2v) is 9.65. The molecule has 0 aliphatic heterocycles. The van der Waals surface area contributed by atoms with Crippen molar-refractivity contribution in [3.05, 3.63) is 42.7 Å². The Bertz CT molecular complexity index is 823. The van der Waals surface area contributed by atoms with Crippen molar-refractivity contribution in [1.29, 1.82) is 0 Å². The first kappa shape index (κ1) is 20.6. The fourth-order valence-electron chi connectivity index (χ4n) is 2.19. The third kappa shape index (κ3) is 5.64. The number of pyridine rings is 1. The Labute approximate surface area is 150 Å². The van der Waals surface area contributed by atoms with Crippen LogP contribution in [0.4, 0.5) is 5.69 Å². The summed E-state index contributed by atoms with van der Waals surface area (Å²) in [4.78, 5) is 40.7. The molecule has 0 radical (unpaired) electrons. The molecule has 0 aliphatic carbocycles. The number of nitrogens with zero attached hydrogens (tertiary/aromatic N) is 1. The van der Waals surface area contributed by atoms with Crippen LogP contribution in [0, 0.1) is 0 Å². The van der Waals surface area contributed by atoms with Crippen LogP contribution in [-0.4, -0.2) is 36.2 Å². The van der Waals surface area contributed by atoms with Crippen molar-refractivity contribution < 1.29 is 33.4 Å². The summed E-state index contributed by atoms with van der Waals surface area (Å²) in [5.41, 5.74) is -0.919. The standard InChI is InChI=1S/C15H20N2O7P2/c1-10(2)24-14-5-3-11(4-6-14)12-7-13(9-16-8-12)17-15(25(18,19)20)26(21,22)23/h3-10,15,17H,1-2H3,(H2,18,19,20)(H2,21,22,23). The summed E-state index contributed by atoms with van der Waals surface area (Å²) < 4.78 is 28.3. The highest BCUT2D eigenvalue weighted by Gasteiger charge is 2.43. The van der Waals surface area contributed by atoms with Crippen molar-refractivity contribution in [2.75, 3.05) is 5.32 Å². The van der Waals surface area contributed by atoms with Gasteiger partial charge in [0.25, 0.3) is 0 Å². The van der Waals surface area contributed by atoms with Crippen molar-refractivity contribution in [3.63, 3.8) is 0 Å². The average molecular weight is 402 g/mol. The smallest absolute Gasteiger partial charge is 0.360 e. The molecule has 0 bridgehead atoms. The Morgan fingerprint density at radius 3 is 2.04 bits per heavy atom.